The summed E-state index contributed by atoms with van der Waals surface area (Å²) < 4.78 is 11.2. The first-order chi connectivity index (χ1) is 10.3. The van der Waals surface area contributed by atoms with Gasteiger partial charge in [0.1, 0.15) is 0 Å². The molecule has 0 aromatic rings. The molecule has 6 nitrogen and oxygen atoms in total. The van der Waals surface area contributed by atoms with Crippen LogP contribution in [0.1, 0.15) is 26.7 Å². The number of hydrogen-bond donors (Lipinski definition) is 1. The van der Waals surface area contributed by atoms with E-state index in [0.717, 1.165) is 45.6 Å². The lowest BCUT2D eigenvalue weighted by Crippen LogP contribution is -2.53. The molecule has 2 aliphatic heterocycles. The highest BCUT2D eigenvalue weighted by Gasteiger charge is 2.35. The summed E-state index contributed by atoms with van der Waals surface area (Å²) in [4.78, 5) is 16.9. The lowest BCUT2D eigenvalue weighted by atomic mass is 10.1. The number of carbonyl (C=O) groups is 1. The largest absolute Gasteiger partial charge is 0.352 e. The van der Waals surface area contributed by atoms with Crippen LogP contribution in [0.3, 0.4) is 0 Å². The second kappa shape index (κ2) is 8.68. The number of piperazine rings is 1. The molecule has 0 aliphatic carbocycles. The Morgan fingerprint density at radius 3 is 2.48 bits per heavy atom. The van der Waals surface area contributed by atoms with E-state index in [0.29, 0.717) is 19.8 Å². The molecule has 2 aliphatic rings. The second-order valence-electron chi connectivity index (χ2n) is 5.57. The molecule has 1 unspecified atom stereocenters. The Morgan fingerprint density at radius 2 is 1.86 bits per heavy atom. The Labute approximate surface area is 127 Å². The molecule has 2 saturated heterocycles. The van der Waals surface area contributed by atoms with Crippen molar-refractivity contribution in [2.75, 3.05) is 52.5 Å². The van der Waals surface area contributed by atoms with Gasteiger partial charge in [0, 0.05) is 39.4 Å². The van der Waals surface area contributed by atoms with Crippen LogP contribution in [0.4, 0.5) is 0 Å². The number of hydrogen-bond acceptors (Lipinski definition) is 5. The molecule has 0 saturated carbocycles. The molecule has 0 bridgehead atoms. The fourth-order valence-electron chi connectivity index (χ4n) is 3.14. The van der Waals surface area contributed by atoms with Crippen LogP contribution in [0.15, 0.2) is 0 Å². The summed E-state index contributed by atoms with van der Waals surface area (Å²) in [6, 6.07) is 0.00603. The molecule has 1 amide bonds. The van der Waals surface area contributed by atoms with E-state index < -0.39 is 0 Å². The highest BCUT2D eigenvalue weighted by atomic mass is 16.7. The van der Waals surface area contributed by atoms with Gasteiger partial charge in [-0.05, 0) is 33.2 Å². The van der Waals surface area contributed by atoms with E-state index in [2.05, 4.69) is 10.2 Å². The molecule has 1 N–H and O–H groups in total. The Balaban J connectivity index is 1.90. The molecule has 0 aromatic carbocycles. The quantitative estimate of drug-likeness (QED) is 0.685. The fourth-order valence-corrected chi connectivity index (χ4v) is 3.14. The monoisotopic (exact) mass is 299 g/mol. The van der Waals surface area contributed by atoms with Gasteiger partial charge in [0.2, 0.25) is 5.91 Å². The predicted octanol–water partition coefficient (Wildman–Crippen LogP) is 0.282. The zero-order valence-electron chi connectivity index (χ0n) is 13.3. The Kier molecular flexibility index (Phi) is 6.89. The van der Waals surface area contributed by atoms with Crippen LogP contribution in [-0.2, 0) is 14.3 Å². The van der Waals surface area contributed by atoms with Gasteiger partial charge in [-0.3, -0.25) is 9.69 Å². The van der Waals surface area contributed by atoms with Crippen LogP contribution >= 0.6 is 0 Å². The predicted molar refractivity (Wildman–Crippen MR) is 81.1 cm³/mol. The number of nitrogens with zero attached hydrogens (tertiary/aromatic N) is 2. The Hall–Kier alpha value is -0.690. The van der Waals surface area contributed by atoms with E-state index in [1.54, 1.807) is 0 Å². The maximum Gasteiger partial charge on any atom is 0.240 e. The molecule has 0 aromatic heterocycles. The third-order valence-electron chi connectivity index (χ3n) is 4.17. The summed E-state index contributed by atoms with van der Waals surface area (Å²) in [5.41, 5.74) is 0. The van der Waals surface area contributed by atoms with Crippen molar-refractivity contribution in [2.45, 2.75) is 39.0 Å². The van der Waals surface area contributed by atoms with Crippen LogP contribution < -0.4 is 5.32 Å². The van der Waals surface area contributed by atoms with E-state index in [9.17, 15) is 4.79 Å². The van der Waals surface area contributed by atoms with Crippen molar-refractivity contribution >= 4 is 5.91 Å². The van der Waals surface area contributed by atoms with Crippen molar-refractivity contribution in [3.63, 3.8) is 0 Å². The third-order valence-corrected chi connectivity index (χ3v) is 4.17. The minimum Gasteiger partial charge on any atom is -0.352 e. The van der Waals surface area contributed by atoms with Gasteiger partial charge in [0.15, 0.2) is 6.29 Å². The van der Waals surface area contributed by atoms with Crippen molar-refractivity contribution in [3.8, 4) is 0 Å². The van der Waals surface area contributed by atoms with Crippen LogP contribution in [0.25, 0.3) is 0 Å². The van der Waals surface area contributed by atoms with Crippen LogP contribution in [0, 0.1) is 0 Å². The Bertz CT molecular complexity index is 315. The Morgan fingerprint density at radius 1 is 1.19 bits per heavy atom. The van der Waals surface area contributed by atoms with Gasteiger partial charge in [-0.15, -0.1) is 0 Å². The van der Waals surface area contributed by atoms with Gasteiger partial charge >= 0.3 is 0 Å². The maximum absolute atomic E-state index is 12.7. The number of rotatable bonds is 7. The fraction of sp³-hybridized carbons (Fsp3) is 0.933. The number of amides is 1. The highest BCUT2D eigenvalue weighted by Crippen LogP contribution is 2.20. The summed E-state index contributed by atoms with van der Waals surface area (Å²) in [5.74, 6) is 0.278. The average molecular weight is 299 g/mol. The van der Waals surface area contributed by atoms with Crippen molar-refractivity contribution in [1.82, 2.24) is 15.1 Å². The first kappa shape index (κ1) is 16.7. The van der Waals surface area contributed by atoms with Crippen LogP contribution in [0.2, 0.25) is 0 Å². The van der Waals surface area contributed by atoms with E-state index in [4.69, 9.17) is 9.47 Å². The summed E-state index contributed by atoms with van der Waals surface area (Å²) >= 11 is 0. The zero-order chi connectivity index (χ0) is 15.1. The second-order valence-corrected chi connectivity index (χ2v) is 5.57. The van der Waals surface area contributed by atoms with Crippen molar-refractivity contribution in [1.29, 1.82) is 0 Å². The normalized spacial score (nSPS) is 24.0. The van der Waals surface area contributed by atoms with Gasteiger partial charge < -0.3 is 19.7 Å². The molecule has 0 radical (unpaired) electrons. The van der Waals surface area contributed by atoms with E-state index in [1.165, 1.54) is 0 Å². The lowest BCUT2D eigenvalue weighted by molar-refractivity contribution is -0.154. The smallest absolute Gasteiger partial charge is 0.240 e. The van der Waals surface area contributed by atoms with Gasteiger partial charge in [0.25, 0.3) is 0 Å². The summed E-state index contributed by atoms with van der Waals surface area (Å²) in [5, 5.41) is 3.29. The molecule has 0 spiro atoms. The summed E-state index contributed by atoms with van der Waals surface area (Å²) in [7, 11) is 0. The number of likely N-dealkylation sites (tertiary alicyclic amines) is 1. The first-order valence-electron chi connectivity index (χ1n) is 8.23. The van der Waals surface area contributed by atoms with Crippen molar-refractivity contribution in [3.05, 3.63) is 0 Å². The number of ether oxygens (including phenoxy) is 2. The number of carbonyl (C=O) groups excluding carboxylic acids is 1. The van der Waals surface area contributed by atoms with Gasteiger partial charge in [0.05, 0.1) is 12.6 Å². The molecule has 2 rings (SSSR count). The highest BCUT2D eigenvalue weighted by molar-refractivity contribution is 5.82. The molecule has 2 fully saturated rings. The van der Waals surface area contributed by atoms with Crippen molar-refractivity contribution in [2.24, 2.45) is 0 Å². The third kappa shape index (κ3) is 4.64. The van der Waals surface area contributed by atoms with Gasteiger partial charge in [-0.1, -0.05) is 0 Å². The summed E-state index contributed by atoms with van der Waals surface area (Å²) in [6.45, 7) is 10.3. The minimum absolute atomic E-state index is 0.00603. The maximum atomic E-state index is 12.7. The van der Waals surface area contributed by atoms with Crippen molar-refractivity contribution < 1.29 is 14.3 Å². The standard InChI is InChI=1S/C15H29N3O3/c1-3-20-14(21-4-2)12-18-9-5-6-13(18)15(19)17-10-7-16-8-11-17/h13-14,16H,3-12H2,1-2H3. The van der Waals surface area contributed by atoms with Crippen LogP contribution in [0.5, 0.6) is 0 Å². The molecular weight excluding hydrogens is 270 g/mol. The molecular formula is C15H29N3O3. The molecule has 122 valence electrons. The molecule has 1 atom stereocenters. The molecule has 6 heteroatoms. The van der Waals surface area contributed by atoms with Gasteiger partial charge in [-0.2, -0.15) is 0 Å². The van der Waals surface area contributed by atoms with E-state index in [1.807, 2.05) is 18.7 Å². The minimum atomic E-state index is -0.226. The zero-order valence-corrected chi connectivity index (χ0v) is 13.3. The summed E-state index contributed by atoms with van der Waals surface area (Å²) in [6.07, 6.45) is 1.80. The van der Waals surface area contributed by atoms with E-state index in [-0.39, 0.29) is 18.2 Å². The van der Waals surface area contributed by atoms with E-state index >= 15 is 0 Å². The average Bonchev–Trinajstić information content (AvgIpc) is 2.96. The van der Waals surface area contributed by atoms with Crippen LogP contribution in [-0.4, -0.2) is 80.5 Å². The topological polar surface area (TPSA) is 54.0 Å². The molecule has 2 heterocycles. The first-order valence-corrected chi connectivity index (χ1v) is 8.23. The number of nitrogens with one attached hydrogen (secondary N) is 1. The molecule has 21 heavy (non-hydrogen) atoms. The lowest BCUT2D eigenvalue weighted by Gasteiger charge is -2.34. The SMILES string of the molecule is CCOC(CN1CCCC1C(=O)N1CCNCC1)OCC. The van der Waals surface area contributed by atoms with Gasteiger partial charge in [-0.25, -0.2) is 0 Å².